The van der Waals surface area contributed by atoms with Gasteiger partial charge in [0.2, 0.25) is 0 Å². The van der Waals surface area contributed by atoms with Crippen LogP contribution in [0.5, 0.6) is 0 Å². The molecule has 0 aromatic heterocycles. The lowest BCUT2D eigenvalue weighted by Crippen LogP contribution is -2.47. The number of hydrogen-bond donors (Lipinski definition) is 0. The van der Waals surface area contributed by atoms with E-state index in [1.165, 1.54) is 0 Å². The van der Waals surface area contributed by atoms with Crippen LogP contribution in [0.2, 0.25) is 12.1 Å². The first kappa shape index (κ1) is 19.1. The van der Waals surface area contributed by atoms with Gasteiger partial charge in [-0.05, 0) is 0 Å². The molecule has 0 aliphatic carbocycles. The van der Waals surface area contributed by atoms with E-state index in [2.05, 4.69) is 0 Å². The zero-order valence-electron chi connectivity index (χ0n) is 8.45. The first-order chi connectivity index (χ1) is 7.91. The minimum Gasteiger partial charge on any atom is -0.197 e. The third-order valence-electron chi connectivity index (χ3n) is 1.79. The monoisotopic (exact) mass is 364 g/mol. The third kappa shape index (κ3) is 5.18. The van der Waals surface area contributed by atoms with E-state index < -0.39 is 43.0 Å². The summed E-state index contributed by atoms with van der Waals surface area (Å²) in [6.45, 7) is -5.19. The second kappa shape index (κ2) is 5.13. The van der Waals surface area contributed by atoms with Gasteiger partial charge in [-0.15, -0.1) is 22.2 Å². The maximum atomic E-state index is 12.5. The molecular formula is C6H4Cl2F10Si. The van der Waals surface area contributed by atoms with Crippen LogP contribution in [0.15, 0.2) is 0 Å². The fourth-order valence-electron chi connectivity index (χ4n) is 0.913. The predicted molar refractivity (Wildman–Crippen MR) is 49.1 cm³/mol. The number of halogens is 12. The van der Waals surface area contributed by atoms with Crippen LogP contribution in [0, 0.1) is 0 Å². The maximum Gasteiger partial charge on any atom is 0.453 e. The molecular weight excluding hydrogens is 361 g/mol. The minimum absolute atomic E-state index is 2.49. The summed E-state index contributed by atoms with van der Waals surface area (Å²) in [7, 11) is 0. The van der Waals surface area contributed by atoms with Gasteiger partial charge in [0.15, 0.2) is 0 Å². The fourth-order valence-corrected chi connectivity index (χ4v) is 4.75. The van der Waals surface area contributed by atoms with E-state index in [9.17, 15) is 43.9 Å². The highest BCUT2D eigenvalue weighted by Crippen LogP contribution is 2.49. The second-order valence-electron chi connectivity index (χ2n) is 3.61. The smallest absolute Gasteiger partial charge is 0.197 e. The van der Waals surface area contributed by atoms with Crippen LogP contribution in [0.3, 0.4) is 0 Å². The normalized spacial score (nSPS) is 15.8. The Morgan fingerprint density at radius 3 is 0.947 bits per heavy atom. The highest BCUT2D eigenvalue weighted by Gasteiger charge is 2.66. The summed E-state index contributed by atoms with van der Waals surface area (Å²) in [5.74, 6) is -11.1. The Morgan fingerprint density at radius 1 is 0.579 bits per heavy atom. The van der Waals surface area contributed by atoms with Crippen molar-refractivity contribution in [3.8, 4) is 0 Å². The number of rotatable bonds is 4. The Labute approximate surface area is 110 Å². The molecule has 13 heteroatoms. The van der Waals surface area contributed by atoms with Gasteiger partial charge in [0, 0.05) is 12.1 Å². The standard InChI is InChI=1S/C6H4Cl2F10Si/c7-19(8,1-3(9,10)5(13,14)15)2-4(11,12)6(16,17)18/h1-2H2. The van der Waals surface area contributed by atoms with Crippen LogP contribution in [-0.4, -0.2) is 30.9 Å². The Bertz CT molecular complexity index is 289. The van der Waals surface area contributed by atoms with Gasteiger partial charge in [-0.1, -0.05) is 0 Å². The minimum atomic E-state index is -6.14. The van der Waals surface area contributed by atoms with Crippen LogP contribution >= 0.6 is 22.2 Å². The molecule has 0 aromatic rings. The molecule has 0 nitrogen and oxygen atoms in total. The van der Waals surface area contributed by atoms with Crippen LogP contribution < -0.4 is 0 Å². The number of alkyl halides is 10. The molecule has 0 N–H and O–H groups in total. The SMILES string of the molecule is FC(F)(F)C(F)(F)C[Si](Cl)(Cl)CC(F)(F)C(F)(F)F. The molecule has 0 saturated carbocycles. The summed E-state index contributed by atoms with van der Waals surface area (Å²) >= 11 is 9.72. The summed E-state index contributed by atoms with van der Waals surface area (Å²) in [4.78, 5) is 0. The quantitative estimate of drug-likeness (QED) is 0.360. The van der Waals surface area contributed by atoms with Gasteiger partial charge in [-0.2, -0.15) is 43.9 Å². The third-order valence-corrected chi connectivity index (χ3v) is 5.32. The van der Waals surface area contributed by atoms with Gasteiger partial charge in [0.25, 0.3) is 6.69 Å². The van der Waals surface area contributed by atoms with Gasteiger partial charge in [-0.3, -0.25) is 0 Å². The first-order valence-electron chi connectivity index (χ1n) is 4.18. The molecule has 0 saturated heterocycles. The fraction of sp³-hybridized carbons (Fsp3) is 1.00. The zero-order valence-corrected chi connectivity index (χ0v) is 11.0. The average molecular weight is 365 g/mol. The van der Waals surface area contributed by atoms with E-state index in [-0.39, 0.29) is 0 Å². The van der Waals surface area contributed by atoms with Crippen LogP contribution in [0.1, 0.15) is 0 Å². The van der Waals surface area contributed by atoms with Crippen molar-refractivity contribution in [1.29, 1.82) is 0 Å². The van der Waals surface area contributed by atoms with Crippen molar-refractivity contribution in [2.75, 3.05) is 0 Å². The molecule has 0 rings (SSSR count). The van der Waals surface area contributed by atoms with E-state index in [1.807, 2.05) is 0 Å². The Balaban J connectivity index is 5.03. The topological polar surface area (TPSA) is 0 Å². The molecule has 0 amide bonds. The average Bonchev–Trinajstić information content (AvgIpc) is 1.93. The van der Waals surface area contributed by atoms with Crippen LogP contribution in [0.4, 0.5) is 43.9 Å². The van der Waals surface area contributed by atoms with E-state index in [0.29, 0.717) is 0 Å². The first-order valence-corrected chi connectivity index (χ1v) is 8.62. The lowest BCUT2D eigenvalue weighted by Gasteiger charge is -2.28. The molecule has 0 fully saturated rings. The van der Waals surface area contributed by atoms with Crippen molar-refractivity contribution < 1.29 is 43.9 Å². The summed E-state index contributed by atoms with van der Waals surface area (Å²) in [5.41, 5.74) is 0. The molecule has 0 bridgehead atoms. The van der Waals surface area contributed by atoms with Gasteiger partial charge >= 0.3 is 24.2 Å². The van der Waals surface area contributed by atoms with Crippen molar-refractivity contribution in [1.82, 2.24) is 0 Å². The molecule has 19 heavy (non-hydrogen) atoms. The molecule has 0 aliphatic rings. The number of hydrogen-bond acceptors (Lipinski definition) is 0. The molecule has 0 aliphatic heterocycles. The molecule has 0 atom stereocenters. The van der Waals surface area contributed by atoms with Crippen LogP contribution in [-0.2, 0) is 0 Å². The van der Waals surface area contributed by atoms with Gasteiger partial charge in [0.1, 0.15) is 0 Å². The molecule has 0 radical (unpaired) electrons. The van der Waals surface area contributed by atoms with Crippen molar-refractivity contribution in [2.45, 2.75) is 36.3 Å². The molecule has 0 heterocycles. The highest BCUT2D eigenvalue weighted by molar-refractivity contribution is 7.45. The van der Waals surface area contributed by atoms with Crippen molar-refractivity contribution >= 4 is 28.9 Å². The highest BCUT2D eigenvalue weighted by atomic mass is 35.7. The van der Waals surface area contributed by atoms with Gasteiger partial charge in [0.05, 0.1) is 0 Å². The molecule has 0 unspecified atom stereocenters. The summed E-state index contributed by atoms with van der Waals surface area (Å²) in [6, 6.07) is -4.98. The van der Waals surface area contributed by atoms with E-state index in [4.69, 9.17) is 22.2 Å². The van der Waals surface area contributed by atoms with Crippen molar-refractivity contribution in [2.24, 2.45) is 0 Å². The maximum absolute atomic E-state index is 12.5. The second-order valence-corrected chi connectivity index (χ2v) is 11.0. The van der Waals surface area contributed by atoms with Gasteiger partial charge < -0.3 is 0 Å². The predicted octanol–water partition coefficient (Wildman–Crippen LogP) is 5.30. The molecule has 0 spiro atoms. The van der Waals surface area contributed by atoms with E-state index >= 15 is 0 Å². The van der Waals surface area contributed by atoms with E-state index in [0.717, 1.165) is 0 Å². The van der Waals surface area contributed by atoms with E-state index in [1.54, 1.807) is 0 Å². The summed E-state index contributed by atoms with van der Waals surface area (Å²) in [5, 5.41) is 0. The van der Waals surface area contributed by atoms with Crippen LogP contribution in [0.25, 0.3) is 0 Å². The van der Waals surface area contributed by atoms with Crippen molar-refractivity contribution in [3.05, 3.63) is 0 Å². The Kier molecular flexibility index (Phi) is 5.16. The molecule has 0 aromatic carbocycles. The molecule has 116 valence electrons. The lowest BCUT2D eigenvalue weighted by molar-refractivity contribution is -0.277. The summed E-state index contributed by atoms with van der Waals surface area (Å²) in [6.07, 6.45) is -12.3. The Hall–Kier alpha value is 0.0969. The summed E-state index contributed by atoms with van der Waals surface area (Å²) < 4.78 is 121. The Morgan fingerprint density at radius 2 is 0.789 bits per heavy atom. The van der Waals surface area contributed by atoms with Crippen molar-refractivity contribution in [3.63, 3.8) is 0 Å². The van der Waals surface area contributed by atoms with Gasteiger partial charge in [-0.25, -0.2) is 0 Å². The zero-order chi connectivity index (χ0) is 15.9. The largest absolute Gasteiger partial charge is 0.453 e. The lowest BCUT2D eigenvalue weighted by atomic mass is 10.4.